The number of carbonyl (C=O) groups is 1. The van der Waals surface area contributed by atoms with Gasteiger partial charge in [0, 0.05) is 18.6 Å². The molecule has 0 unspecified atom stereocenters. The predicted octanol–water partition coefficient (Wildman–Crippen LogP) is 2.75. The predicted molar refractivity (Wildman–Crippen MR) is 86.2 cm³/mol. The average Bonchev–Trinajstić information content (AvgIpc) is 2.52. The van der Waals surface area contributed by atoms with Gasteiger partial charge in [0.25, 0.3) is 0 Å². The van der Waals surface area contributed by atoms with Crippen LogP contribution in [0.15, 0.2) is 30.3 Å². The van der Waals surface area contributed by atoms with Crippen molar-refractivity contribution in [3.8, 4) is 0 Å². The molecule has 2 rings (SSSR count). The first kappa shape index (κ1) is 15.8. The maximum absolute atomic E-state index is 12.0. The third-order valence-electron chi connectivity index (χ3n) is 4.61. The Labute approximate surface area is 127 Å². The largest absolute Gasteiger partial charge is 0.336 e. The summed E-state index contributed by atoms with van der Waals surface area (Å²) in [6.45, 7) is 1.29. The average molecular weight is 289 g/mol. The Morgan fingerprint density at radius 1 is 1.10 bits per heavy atom. The fraction of sp³-hybridized carbons (Fsp3) is 0.588. The topological polar surface area (TPSA) is 44.4 Å². The van der Waals surface area contributed by atoms with E-state index in [4.69, 9.17) is 0 Å². The Morgan fingerprint density at radius 3 is 2.38 bits per heavy atom. The molecule has 0 saturated heterocycles. The molecular weight excluding hydrogens is 262 g/mol. The standard InChI is InChI=1S/C17H27N3O/c1-20(2)17(11-7-4-8-12-17)14-19-16(21)18-13-15-9-5-3-6-10-15/h3,5-6,9-10H,4,7-8,11-14H2,1-2H3,(H2,18,19,21). The number of likely N-dealkylation sites (N-methyl/N-ethyl adjacent to an activating group) is 1. The highest BCUT2D eigenvalue weighted by molar-refractivity contribution is 5.73. The third kappa shape index (κ3) is 4.46. The lowest BCUT2D eigenvalue weighted by molar-refractivity contribution is 0.101. The molecule has 0 bridgehead atoms. The summed E-state index contributed by atoms with van der Waals surface area (Å²) in [5, 5.41) is 5.98. The van der Waals surface area contributed by atoms with Crippen molar-refractivity contribution in [3.63, 3.8) is 0 Å². The Morgan fingerprint density at radius 2 is 1.76 bits per heavy atom. The minimum atomic E-state index is -0.0781. The summed E-state index contributed by atoms with van der Waals surface area (Å²) < 4.78 is 0. The van der Waals surface area contributed by atoms with E-state index >= 15 is 0 Å². The molecule has 0 spiro atoms. The van der Waals surface area contributed by atoms with Crippen LogP contribution in [0.25, 0.3) is 0 Å². The fourth-order valence-corrected chi connectivity index (χ4v) is 3.08. The van der Waals surface area contributed by atoms with Gasteiger partial charge in [-0.2, -0.15) is 0 Å². The maximum Gasteiger partial charge on any atom is 0.315 e. The molecule has 1 aromatic carbocycles. The van der Waals surface area contributed by atoms with Crippen LogP contribution in [0.5, 0.6) is 0 Å². The summed E-state index contributed by atoms with van der Waals surface area (Å²) >= 11 is 0. The van der Waals surface area contributed by atoms with E-state index in [1.807, 2.05) is 30.3 Å². The van der Waals surface area contributed by atoms with E-state index in [2.05, 4.69) is 29.6 Å². The number of nitrogens with zero attached hydrogens (tertiary/aromatic N) is 1. The minimum Gasteiger partial charge on any atom is -0.336 e. The van der Waals surface area contributed by atoms with Crippen LogP contribution in [0.2, 0.25) is 0 Å². The smallest absolute Gasteiger partial charge is 0.315 e. The van der Waals surface area contributed by atoms with Crippen molar-refractivity contribution in [2.45, 2.75) is 44.2 Å². The number of amides is 2. The van der Waals surface area contributed by atoms with Crippen LogP contribution in [0.1, 0.15) is 37.7 Å². The van der Waals surface area contributed by atoms with Crippen molar-refractivity contribution in [2.24, 2.45) is 0 Å². The molecular formula is C17H27N3O. The second kappa shape index (κ2) is 7.46. The van der Waals surface area contributed by atoms with Crippen LogP contribution in [0.3, 0.4) is 0 Å². The number of rotatable bonds is 5. The van der Waals surface area contributed by atoms with Crippen LogP contribution in [0.4, 0.5) is 4.79 Å². The highest BCUT2D eigenvalue weighted by Crippen LogP contribution is 2.31. The molecule has 0 atom stereocenters. The molecule has 4 heteroatoms. The zero-order valence-corrected chi connectivity index (χ0v) is 13.2. The van der Waals surface area contributed by atoms with Gasteiger partial charge < -0.3 is 15.5 Å². The zero-order chi connectivity index (χ0) is 15.1. The van der Waals surface area contributed by atoms with Crippen molar-refractivity contribution in [2.75, 3.05) is 20.6 Å². The van der Waals surface area contributed by atoms with Crippen LogP contribution < -0.4 is 10.6 Å². The Bertz CT molecular complexity index is 439. The van der Waals surface area contributed by atoms with Crippen molar-refractivity contribution in [1.29, 1.82) is 0 Å². The molecule has 116 valence electrons. The monoisotopic (exact) mass is 289 g/mol. The molecule has 0 radical (unpaired) electrons. The lowest BCUT2D eigenvalue weighted by Gasteiger charge is -2.43. The van der Waals surface area contributed by atoms with E-state index < -0.39 is 0 Å². The molecule has 2 N–H and O–H groups in total. The van der Waals surface area contributed by atoms with Gasteiger partial charge in [0.05, 0.1) is 0 Å². The summed E-state index contributed by atoms with van der Waals surface area (Å²) in [7, 11) is 4.24. The first-order valence-electron chi connectivity index (χ1n) is 7.85. The van der Waals surface area contributed by atoms with Crippen molar-refractivity contribution < 1.29 is 4.79 Å². The van der Waals surface area contributed by atoms with E-state index in [9.17, 15) is 4.79 Å². The molecule has 0 aromatic heterocycles. The zero-order valence-electron chi connectivity index (χ0n) is 13.2. The third-order valence-corrected chi connectivity index (χ3v) is 4.61. The van der Waals surface area contributed by atoms with Crippen molar-refractivity contribution in [1.82, 2.24) is 15.5 Å². The number of carbonyl (C=O) groups excluding carboxylic acids is 1. The fourth-order valence-electron chi connectivity index (χ4n) is 3.08. The van der Waals surface area contributed by atoms with Crippen LogP contribution in [-0.4, -0.2) is 37.1 Å². The second-order valence-corrected chi connectivity index (χ2v) is 6.20. The first-order chi connectivity index (χ1) is 10.1. The molecule has 2 amide bonds. The van der Waals surface area contributed by atoms with Crippen LogP contribution in [-0.2, 0) is 6.54 Å². The number of hydrogen-bond acceptors (Lipinski definition) is 2. The van der Waals surface area contributed by atoms with Gasteiger partial charge in [0.1, 0.15) is 0 Å². The molecule has 0 aliphatic heterocycles. The summed E-state index contributed by atoms with van der Waals surface area (Å²) in [6.07, 6.45) is 6.16. The number of urea groups is 1. The lowest BCUT2D eigenvalue weighted by Crippen LogP contribution is -2.55. The first-order valence-corrected chi connectivity index (χ1v) is 7.85. The van der Waals surface area contributed by atoms with Gasteiger partial charge in [0.15, 0.2) is 0 Å². The number of nitrogens with one attached hydrogen (secondary N) is 2. The van der Waals surface area contributed by atoms with E-state index in [1.165, 1.54) is 32.1 Å². The molecule has 4 nitrogen and oxygen atoms in total. The molecule has 21 heavy (non-hydrogen) atoms. The molecule has 0 heterocycles. The summed E-state index contributed by atoms with van der Waals surface area (Å²) in [5.74, 6) is 0. The SMILES string of the molecule is CN(C)C1(CNC(=O)NCc2ccccc2)CCCCC1. The van der Waals surface area contributed by atoms with Crippen LogP contribution in [0, 0.1) is 0 Å². The highest BCUT2D eigenvalue weighted by atomic mass is 16.2. The molecule has 1 aliphatic rings. The van der Waals surface area contributed by atoms with Gasteiger partial charge in [-0.15, -0.1) is 0 Å². The van der Waals surface area contributed by atoms with Gasteiger partial charge in [-0.25, -0.2) is 4.79 Å². The number of hydrogen-bond donors (Lipinski definition) is 2. The second-order valence-electron chi connectivity index (χ2n) is 6.20. The van der Waals surface area contributed by atoms with Crippen molar-refractivity contribution in [3.05, 3.63) is 35.9 Å². The Kier molecular flexibility index (Phi) is 5.62. The molecule has 1 aliphatic carbocycles. The van der Waals surface area contributed by atoms with Crippen molar-refractivity contribution >= 4 is 6.03 Å². The maximum atomic E-state index is 12.0. The van der Waals surface area contributed by atoms with Crippen LogP contribution >= 0.6 is 0 Å². The Balaban J connectivity index is 1.79. The highest BCUT2D eigenvalue weighted by Gasteiger charge is 2.34. The van der Waals surface area contributed by atoms with E-state index in [-0.39, 0.29) is 11.6 Å². The quantitative estimate of drug-likeness (QED) is 0.875. The summed E-state index contributed by atoms with van der Waals surface area (Å²) in [5.41, 5.74) is 1.25. The summed E-state index contributed by atoms with van der Waals surface area (Å²) in [6, 6.07) is 9.90. The van der Waals surface area contributed by atoms with Gasteiger partial charge in [0.2, 0.25) is 0 Å². The molecule has 1 saturated carbocycles. The normalized spacial score (nSPS) is 17.5. The number of benzene rings is 1. The van der Waals surface area contributed by atoms with E-state index in [1.54, 1.807) is 0 Å². The van der Waals surface area contributed by atoms with Gasteiger partial charge >= 0.3 is 6.03 Å². The minimum absolute atomic E-state index is 0.0781. The van der Waals surface area contributed by atoms with Gasteiger partial charge in [-0.1, -0.05) is 49.6 Å². The molecule has 1 fully saturated rings. The molecule has 1 aromatic rings. The van der Waals surface area contributed by atoms with E-state index in [0.717, 1.165) is 12.1 Å². The van der Waals surface area contributed by atoms with Gasteiger partial charge in [-0.3, -0.25) is 0 Å². The Hall–Kier alpha value is -1.55. The lowest BCUT2D eigenvalue weighted by atomic mass is 9.80. The summed E-state index contributed by atoms with van der Waals surface area (Å²) in [4.78, 5) is 14.3. The van der Waals surface area contributed by atoms with Gasteiger partial charge in [-0.05, 0) is 32.5 Å². The van der Waals surface area contributed by atoms with E-state index in [0.29, 0.717) is 6.54 Å².